The van der Waals surface area contributed by atoms with Crippen LogP contribution in [0.15, 0.2) is 18.2 Å². The molecule has 20 heavy (non-hydrogen) atoms. The Kier molecular flexibility index (Phi) is 4.65. The van der Waals surface area contributed by atoms with E-state index in [-0.39, 0.29) is 5.82 Å². The van der Waals surface area contributed by atoms with Crippen LogP contribution in [0.2, 0.25) is 0 Å². The molecule has 0 atom stereocenters. The number of ether oxygens (including phenoxy) is 1. The minimum absolute atomic E-state index is 0.277. The molecule has 1 radical (unpaired) electrons. The molecule has 2 rings (SSSR count). The van der Waals surface area contributed by atoms with Crippen molar-refractivity contribution in [3.05, 3.63) is 35.5 Å². The predicted molar refractivity (Wildman–Crippen MR) is 81.0 cm³/mol. The highest BCUT2D eigenvalue weighted by Gasteiger charge is 2.17. The molecule has 0 unspecified atom stereocenters. The molecule has 109 valence electrons. The van der Waals surface area contributed by atoms with Gasteiger partial charge in [-0.1, -0.05) is 19.9 Å². The zero-order valence-electron chi connectivity index (χ0n) is 12.4. The number of halogens is 1. The van der Waals surface area contributed by atoms with Gasteiger partial charge in [0.1, 0.15) is 11.6 Å². The number of hydrogen-bond donors (Lipinski definition) is 1. The molecule has 0 bridgehead atoms. The highest BCUT2D eigenvalue weighted by molar-refractivity contribution is 5.71. The first-order valence-corrected chi connectivity index (χ1v) is 6.85. The van der Waals surface area contributed by atoms with Crippen LogP contribution in [0.25, 0.3) is 5.57 Å². The Labute approximate surface area is 120 Å². The SMILES string of the molecule is COc1cc(C2=CCN(C[C](C)C)CC2)c(F)cc1N. The van der Waals surface area contributed by atoms with Crippen molar-refractivity contribution in [1.29, 1.82) is 0 Å². The van der Waals surface area contributed by atoms with Crippen LogP contribution in [0.3, 0.4) is 0 Å². The van der Waals surface area contributed by atoms with E-state index in [1.807, 2.05) is 0 Å². The molecule has 2 N–H and O–H groups in total. The van der Waals surface area contributed by atoms with Crippen molar-refractivity contribution < 1.29 is 9.13 Å². The van der Waals surface area contributed by atoms with Crippen LogP contribution in [-0.4, -0.2) is 31.6 Å². The molecule has 1 aromatic carbocycles. The summed E-state index contributed by atoms with van der Waals surface area (Å²) in [4.78, 5) is 2.35. The van der Waals surface area contributed by atoms with E-state index in [4.69, 9.17) is 10.5 Å². The molecule has 3 nitrogen and oxygen atoms in total. The average molecular weight is 277 g/mol. The molecular formula is C16H22FN2O. The zero-order valence-corrected chi connectivity index (χ0v) is 12.4. The Balaban J connectivity index is 2.19. The number of anilines is 1. The first-order chi connectivity index (χ1) is 9.51. The van der Waals surface area contributed by atoms with Gasteiger partial charge in [-0.15, -0.1) is 0 Å². The van der Waals surface area contributed by atoms with Gasteiger partial charge in [0.2, 0.25) is 0 Å². The van der Waals surface area contributed by atoms with Gasteiger partial charge in [-0.25, -0.2) is 4.39 Å². The van der Waals surface area contributed by atoms with Crippen molar-refractivity contribution >= 4 is 11.3 Å². The van der Waals surface area contributed by atoms with Crippen molar-refractivity contribution in [2.45, 2.75) is 20.3 Å². The average Bonchev–Trinajstić information content (AvgIpc) is 2.39. The highest BCUT2D eigenvalue weighted by atomic mass is 19.1. The fraction of sp³-hybridized carbons (Fsp3) is 0.438. The molecule has 0 fully saturated rings. The Morgan fingerprint density at radius 3 is 2.70 bits per heavy atom. The van der Waals surface area contributed by atoms with Gasteiger partial charge in [0, 0.05) is 31.3 Å². The number of nitrogen functional groups attached to an aromatic ring is 1. The minimum atomic E-state index is -0.277. The van der Waals surface area contributed by atoms with Crippen molar-refractivity contribution in [2.75, 3.05) is 32.5 Å². The number of rotatable bonds is 4. The Morgan fingerprint density at radius 2 is 2.15 bits per heavy atom. The molecule has 1 heterocycles. The second kappa shape index (κ2) is 6.27. The van der Waals surface area contributed by atoms with Gasteiger partial charge in [0.15, 0.2) is 0 Å². The van der Waals surface area contributed by atoms with Crippen molar-refractivity contribution in [2.24, 2.45) is 0 Å². The quantitative estimate of drug-likeness (QED) is 0.859. The molecule has 1 aliphatic heterocycles. The second-order valence-electron chi connectivity index (χ2n) is 5.50. The number of nitrogens with zero attached hydrogens (tertiary/aromatic N) is 1. The molecule has 0 spiro atoms. The molecule has 0 aliphatic carbocycles. The lowest BCUT2D eigenvalue weighted by molar-refractivity contribution is 0.313. The first kappa shape index (κ1) is 14.9. The van der Waals surface area contributed by atoms with Crippen LogP contribution in [0.4, 0.5) is 10.1 Å². The summed E-state index contributed by atoms with van der Waals surface area (Å²) in [6, 6.07) is 3.04. The third-order valence-corrected chi connectivity index (χ3v) is 3.50. The second-order valence-corrected chi connectivity index (χ2v) is 5.50. The van der Waals surface area contributed by atoms with Gasteiger partial charge in [-0.05, 0) is 24.0 Å². The number of benzene rings is 1. The van der Waals surface area contributed by atoms with Crippen LogP contribution in [0, 0.1) is 11.7 Å². The molecular weight excluding hydrogens is 255 g/mol. The zero-order chi connectivity index (χ0) is 14.7. The summed E-state index contributed by atoms with van der Waals surface area (Å²) in [7, 11) is 1.55. The summed E-state index contributed by atoms with van der Waals surface area (Å²) in [5.41, 5.74) is 7.69. The fourth-order valence-electron chi connectivity index (χ4n) is 2.54. The van der Waals surface area contributed by atoms with Crippen molar-refractivity contribution in [3.63, 3.8) is 0 Å². The third-order valence-electron chi connectivity index (χ3n) is 3.50. The smallest absolute Gasteiger partial charge is 0.142 e. The maximum atomic E-state index is 14.1. The van der Waals surface area contributed by atoms with Crippen LogP contribution >= 0.6 is 0 Å². The number of methoxy groups -OCH3 is 1. The highest BCUT2D eigenvalue weighted by Crippen LogP contribution is 2.32. The van der Waals surface area contributed by atoms with Crippen molar-refractivity contribution in [3.8, 4) is 5.75 Å². The Morgan fingerprint density at radius 1 is 1.40 bits per heavy atom. The minimum Gasteiger partial charge on any atom is -0.495 e. The molecule has 0 amide bonds. The normalized spacial score (nSPS) is 16.4. The Hall–Kier alpha value is -1.55. The molecule has 0 saturated carbocycles. The standard InChI is InChI=1S/C16H22FN2O/c1-11(2)10-19-6-4-12(5-7-19)13-8-16(20-3)15(18)9-14(13)17/h4,8-9H,5-7,10,18H2,1-3H3. The first-order valence-electron chi connectivity index (χ1n) is 6.85. The summed E-state index contributed by atoms with van der Waals surface area (Å²) >= 11 is 0. The fourth-order valence-corrected chi connectivity index (χ4v) is 2.54. The van der Waals surface area contributed by atoms with Gasteiger partial charge < -0.3 is 10.5 Å². The van der Waals surface area contributed by atoms with E-state index in [1.54, 1.807) is 13.2 Å². The van der Waals surface area contributed by atoms with Gasteiger partial charge in [0.25, 0.3) is 0 Å². The van der Waals surface area contributed by atoms with E-state index < -0.39 is 0 Å². The van der Waals surface area contributed by atoms with E-state index in [1.165, 1.54) is 12.0 Å². The van der Waals surface area contributed by atoms with Gasteiger partial charge in [-0.3, -0.25) is 4.90 Å². The summed E-state index contributed by atoms with van der Waals surface area (Å²) in [6.07, 6.45) is 2.94. The summed E-state index contributed by atoms with van der Waals surface area (Å²) in [6.45, 7) is 7.06. The van der Waals surface area contributed by atoms with Crippen LogP contribution in [-0.2, 0) is 0 Å². The molecule has 0 saturated heterocycles. The van der Waals surface area contributed by atoms with Gasteiger partial charge in [-0.2, -0.15) is 0 Å². The topological polar surface area (TPSA) is 38.5 Å². The van der Waals surface area contributed by atoms with Crippen molar-refractivity contribution in [1.82, 2.24) is 4.90 Å². The molecule has 1 aromatic rings. The van der Waals surface area contributed by atoms with E-state index in [2.05, 4.69) is 24.8 Å². The van der Waals surface area contributed by atoms with Crippen LogP contribution in [0.1, 0.15) is 25.8 Å². The molecule has 1 aliphatic rings. The Bertz CT molecular complexity index is 511. The summed E-state index contributed by atoms with van der Waals surface area (Å²) < 4.78 is 19.2. The monoisotopic (exact) mass is 277 g/mol. The van der Waals surface area contributed by atoms with Gasteiger partial charge >= 0.3 is 0 Å². The van der Waals surface area contributed by atoms with E-state index in [9.17, 15) is 4.39 Å². The van der Waals surface area contributed by atoms with E-state index in [0.29, 0.717) is 17.0 Å². The summed E-state index contributed by atoms with van der Waals surface area (Å²) in [5.74, 6) is 1.64. The van der Waals surface area contributed by atoms with E-state index >= 15 is 0 Å². The molecule has 4 heteroatoms. The number of nitrogens with two attached hydrogens (primary N) is 1. The third kappa shape index (κ3) is 3.31. The van der Waals surface area contributed by atoms with E-state index in [0.717, 1.165) is 31.6 Å². The van der Waals surface area contributed by atoms with Crippen LogP contribution in [0.5, 0.6) is 5.75 Å². The maximum Gasteiger partial charge on any atom is 0.142 e. The molecule has 0 aromatic heterocycles. The lowest BCUT2D eigenvalue weighted by Gasteiger charge is -2.28. The number of hydrogen-bond acceptors (Lipinski definition) is 3. The summed E-state index contributed by atoms with van der Waals surface area (Å²) in [5, 5.41) is 0. The largest absolute Gasteiger partial charge is 0.495 e. The predicted octanol–water partition coefficient (Wildman–Crippen LogP) is 3.12. The van der Waals surface area contributed by atoms with Gasteiger partial charge in [0.05, 0.1) is 12.8 Å². The van der Waals surface area contributed by atoms with Crippen LogP contribution < -0.4 is 10.5 Å². The lowest BCUT2D eigenvalue weighted by Crippen LogP contribution is -2.31. The lowest BCUT2D eigenvalue weighted by atomic mass is 9.97. The maximum absolute atomic E-state index is 14.1.